The van der Waals surface area contributed by atoms with Gasteiger partial charge in [0, 0.05) is 6.54 Å². The molecule has 3 aliphatic rings. The molecule has 18 heavy (non-hydrogen) atoms. The molecule has 0 amide bonds. The predicted octanol–water partition coefficient (Wildman–Crippen LogP) is 0.972. The Hall–Kier alpha value is -0.200. The van der Waals surface area contributed by atoms with E-state index in [-0.39, 0.29) is 24.4 Å². The van der Waals surface area contributed by atoms with E-state index in [4.69, 9.17) is 18.9 Å². The summed E-state index contributed by atoms with van der Waals surface area (Å²) in [5.41, 5.74) is 0. The Morgan fingerprint density at radius 2 is 1.61 bits per heavy atom. The lowest BCUT2D eigenvalue weighted by atomic mass is 10.1. The topological polar surface area (TPSA) is 40.2 Å². The van der Waals surface area contributed by atoms with Crippen molar-refractivity contribution in [1.82, 2.24) is 4.90 Å². The molecule has 3 aliphatic heterocycles. The lowest BCUT2D eigenvalue weighted by molar-refractivity contribution is -0.175. The summed E-state index contributed by atoms with van der Waals surface area (Å²) in [6, 6.07) is 0.207. The summed E-state index contributed by atoms with van der Waals surface area (Å²) in [5, 5.41) is 0. The lowest BCUT2D eigenvalue weighted by Crippen LogP contribution is -2.46. The average Bonchev–Trinajstić information content (AvgIpc) is 2.75. The molecule has 104 valence electrons. The van der Waals surface area contributed by atoms with Crippen LogP contribution in [0.2, 0.25) is 0 Å². The van der Waals surface area contributed by atoms with Gasteiger partial charge in [-0.15, -0.1) is 0 Å². The fraction of sp³-hybridized carbons (Fsp3) is 1.00. The molecule has 0 aliphatic carbocycles. The van der Waals surface area contributed by atoms with Crippen molar-refractivity contribution < 1.29 is 18.9 Å². The van der Waals surface area contributed by atoms with Crippen molar-refractivity contribution in [3.05, 3.63) is 0 Å². The zero-order chi connectivity index (χ0) is 13.1. The molecule has 5 heteroatoms. The first-order valence-electron chi connectivity index (χ1n) is 6.65. The maximum Gasteiger partial charge on any atom is 0.163 e. The molecule has 0 spiro atoms. The van der Waals surface area contributed by atoms with Gasteiger partial charge in [-0.3, -0.25) is 4.90 Å². The second-order valence-corrected chi connectivity index (χ2v) is 6.44. The Balaban J connectivity index is 1.76. The van der Waals surface area contributed by atoms with Gasteiger partial charge in [0.25, 0.3) is 0 Å². The van der Waals surface area contributed by atoms with Crippen LogP contribution in [0.5, 0.6) is 0 Å². The molecular formula is C13H23NO4. The van der Waals surface area contributed by atoms with Crippen molar-refractivity contribution in [3.8, 4) is 0 Å². The van der Waals surface area contributed by atoms with Crippen molar-refractivity contribution >= 4 is 0 Å². The van der Waals surface area contributed by atoms with Crippen LogP contribution in [0.1, 0.15) is 27.7 Å². The minimum atomic E-state index is -0.488. The third-order valence-corrected chi connectivity index (χ3v) is 3.95. The van der Waals surface area contributed by atoms with E-state index in [1.54, 1.807) is 0 Å². The monoisotopic (exact) mass is 257 g/mol. The molecule has 3 rings (SSSR count). The summed E-state index contributed by atoms with van der Waals surface area (Å²) in [4.78, 5) is 2.26. The largest absolute Gasteiger partial charge is 0.348 e. The maximum atomic E-state index is 6.04. The summed E-state index contributed by atoms with van der Waals surface area (Å²) in [6.07, 6.45) is 0.271. The van der Waals surface area contributed by atoms with Crippen LogP contribution in [0.4, 0.5) is 0 Å². The minimum Gasteiger partial charge on any atom is -0.348 e. The molecule has 0 aromatic carbocycles. The molecule has 0 aromatic rings. The smallest absolute Gasteiger partial charge is 0.163 e. The van der Waals surface area contributed by atoms with Gasteiger partial charge in [-0.25, -0.2) is 0 Å². The highest BCUT2D eigenvalue weighted by Crippen LogP contribution is 2.39. The van der Waals surface area contributed by atoms with E-state index in [1.807, 2.05) is 27.7 Å². The summed E-state index contributed by atoms with van der Waals surface area (Å²) < 4.78 is 23.6. The fourth-order valence-corrected chi connectivity index (χ4v) is 3.33. The lowest BCUT2D eigenvalue weighted by Gasteiger charge is -2.30. The first-order valence-corrected chi connectivity index (χ1v) is 6.65. The summed E-state index contributed by atoms with van der Waals surface area (Å²) >= 11 is 0. The maximum absolute atomic E-state index is 6.04. The molecule has 0 bridgehead atoms. The van der Waals surface area contributed by atoms with Gasteiger partial charge in [0.2, 0.25) is 0 Å². The molecule has 4 atom stereocenters. The van der Waals surface area contributed by atoms with Crippen molar-refractivity contribution in [2.75, 3.05) is 20.2 Å². The van der Waals surface area contributed by atoms with E-state index in [0.717, 1.165) is 6.54 Å². The SMILES string of the molecule is CN1C[C@H]2OC(C)(C)O[C@H]2[C@@H]1C1COC(C)(C)O1. The molecule has 0 aromatic heterocycles. The van der Waals surface area contributed by atoms with Gasteiger partial charge in [-0.2, -0.15) is 0 Å². The van der Waals surface area contributed by atoms with Gasteiger partial charge in [0.15, 0.2) is 11.6 Å². The zero-order valence-corrected chi connectivity index (χ0v) is 11.8. The number of nitrogens with zero attached hydrogens (tertiary/aromatic N) is 1. The van der Waals surface area contributed by atoms with Crippen LogP contribution in [0.3, 0.4) is 0 Å². The average molecular weight is 257 g/mol. The summed E-state index contributed by atoms with van der Waals surface area (Å²) in [7, 11) is 2.09. The number of rotatable bonds is 1. The number of hydrogen-bond donors (Lipinski definition) is 0. The Morgan fingerprint density at radius 1 is 0.944 bits per heavy atom. The standard InChI is InChI=1S/C13H23NO4/c1-12(2)15-7-9(17-12)10-11-8(6-14(10)5)16-13(3,4)18-11/h8-11H,6-7H2,1-5H3/t8-,9?,10+,11-/m1/s1. The van der Waals surface area contributed by atoms with E-state index in [0.29, 0.717) is 6.61 Å². The predicted molar refractivity (Wildman–Crippen MR) is 65.1 cm³/mol. The molecule has 1 unspecified atom stereocenters. The van der Waals surface area contributed by atoms with Crippen LogP contribution < -0.4 is 0 Å². The van der Waals surface area contributed by atoms with Gasteiger partial charge >= 0.3 is 0 Å². The Labute approximate surface area is 108 Å². The van der Waals surface area contributed by atoms with Crippen LogP contribution >= 0.6 is 0 Å². The number of likely N-dealkylation sites (N-methyl/N-ethyl adjacent to an activating group) is 1. The van der Waals surface area contributed by atoms with Gasteiger partial charge in [0.05, 0.1) is 12.6 Å². The van der Waals surface area contributed by atoms with E-state index in [1.165, 1.54) is 0 Å². The highest BCUT2D eigenvalue weighted by molar-refractivity contribution is 5.03. The zero-order valence-electron chi connectivity index (χ0n) is 11.8. The van der Waals surface area contributed by atoms with Gasteiger partial charge in [-0.05, 0) is 34.7 Å². The molecule has 3 saturated heterocycles. The van der Waals surface area contributed by atoms with Crippen molar-refractivity contribution in [2.45, 2.75) is 63.6 Å². The number of hydrogen-bond acceptors (Lipinski definition) is 5. The van der Waals surface area contributed by atoms with Crippen molar-refractivity contribution in [3.63, 3.8) is 0 Å². The van der Waals surface area contributed by atoms with E-state index < -0.39 is 11.6 Å². The van der Waals surface area contributed by atoms with Crippen LogP contribution in [0.15, 0.2) is 0 Å². The van der Waals surface area contributed by atoms with Gasteiger partial charge in [0.1, 0.15) is 18.3 Å². The van der Waals surface area contributed by atoms with Crippen LogP contribution in [-0.2, 0) is 18.9 Å². The van der Waals surface area contributed by atoms with E-state index in [2.05, 4.69) is 11.9 Å². The van der Waals surface area contributed by atoms with Gasteiger partial charge < -0.3 is 18.9 Å². The van der Waals surface area contributed by atoms with Crippen LogP contribution in [0, 0.1) is 0 Å². The number of ether oxygens (including phenoxy) is 4. The van der Waals surface area contributed by atoms with E-state index >= 15 is 0 Å². The van der Waals surface area contributed by atoms with E-state index in [9.17, 15) is 0 Å². The van der Waals surface area contributed by atoms with Crippen LogP contribution in [-0.4, -0.2) is 61.0 Å². The molecule has 0 radical (unpaired) electrons. The first kappa shape index (κ1) is 12.8. The van der Waals surface area contributed by atoms with Crippen LogP contribution in [0.25, 0.3) is 0 Å². The number of likely N-dealkylation sites (tertiary alicyclic amines) is 1. The minimum absolute atomic E-state index is 0.0532. The van der Waals surface area contributed by atoms with Crippen molar-refractivity contribution in [2.24, 2.45) is 0 Å². The second kappa shape index (κ2) is 3.90. The normalized spacial score (nSPS) is 46.5. The third-order valence-electron chi connectivity index (χ3n) is 3.95. The summed E-state index contributed by atoms with van der Waals surface area (Å²) in [5.74, 6) is -0.970. The molecule has 5 nitrogen and oxygen atoms in total. The highest BCUT2D eigenvalue weighted by Gasteiger charge is 2.55. The molecule has 0 N–H and O–H groups in total. The van der Waals surface area contributed by atoms with Crippen molar-refractivity contribution in [1.29, 1.82) is 0 Å². The summed E-state index contributed by atoms with van der Waals surface area (Å²) in [6.45, 7) is 9.36. The Bertz CT molecular complexity index is 344. The molecular weight excluding hydrogens is 234 g/mol. The highest BCUT2D eigenvalue weighted by atomic mass is 16.8. The Morgan fingerprint density at radius 3 is 2.22 bits per heavy atom. The third kappa shape index (κ3) is 2.08. The fourth-order valence-electron chi connectivity index (χ4n) is 3.33. The Kier molecular flexibility index (Phi) is 2.78. The number of fused-ring (bicyclic) bond motifs is 1. The van der Waals surface area contributed by atoms with Gasteiger partial charge in [-0.1, -0.05) is 0 Å². The quantitative estimate of drug-likeness (QED) is 0.700. The molecule has 3 fully saturated rings. The second-order valence-electron chi connectivity index (χ2n) is 6.44. The first-order chi connectivity index (χ1) is 8.27. The molecule has 0 saturated carbocycles. The molecule has 3 heterocycles.